The summed E-state index contributed by atoms with van der Waals surface area (Å²) in [4.78, 5) is 0. The average molecular weight is 785 g/mol. The highest BCUT2D eigenvalue weighted by atomic mass is 32.1. The van der Waals surface area contributed by atoms with E-state index in [0.717, 1.165) is 0 Å². The van der Waals surface area contributed by atoms with Crippen LogP contribution in [0.4, 0.5) is 0 Å². The smallest absolute Gasteiger partial charge is 0.0433 e. The van der Waals surface area contributed by atoms with Crippen LogP contribution in [0.1, 0.15) is 25.0 Å². The molecule has 0 fully saturated rings. The van der Waals surface area contributed by atoms with Gasteiger partial charge >= 0.3 is 0 Å². The molecule has 0 amide bonds. The molecule has 1 aliphatic rings. The normalized spacial score (nSPS) is 13.4. The summed E-state index contributed by atoms with van der Waals surface area (Å²) in [6.45, 7) is 4.81. The van der Waals surface area contributed by atoms with Crippen molar-refractivity contribution in [2.45, 2.75) is 19.3 Å². The summed E-state index contributed by atoms with van der Waals surface area (Å²) in [5, 5.41) is 13.3. The topological polar surface area (TPSA) is 0 Å². The summed E-state index contributed by atoms with van der Waals surface area (Å²) in [5.41, 5.74) is 13.1. The molecule has 0 radical (unpaired) electrons. The van der Waals surface area contributed by atoms with Crippen molar-refractivity contribution in [3.8, 4) is 44.5 Å². The second-order valence-electron chi connectivity index (χ2n) is 16.7. The zero-order valence-electron chi connectivity index (χ0n) is 32.6. The summed E-state index contributed by atoms with van der Waals surface area (Å²) < 4.78 is 5.43. The van der Waals surface area contributed by atoms with Gasteiger partial charge in [0.2, 0.25) is 0 Å². The first-order chi connectivity index (χ1) is 29.0. The van der Waals surface area contributed by atoms with Crippen molar-refractivity contribution >= 4 is 95.3 Å². The van der Waals surface area contributed by atoms with Gasteiger partial charge in [-0.15, -0.1) is 22.7 Å². The van der Waals surface area contributed by atoms with Gasteiger partial charge in [0, 0.05) is 45.8 Å². The van der Waals surface area contributed by atoms with E-state index in [1.807, 2.05) is 22.7 Å². The van der Waals surface area contributed by atoms with Gasteiger partial charge in [-0.3, -0.25) is 0 Å². The minimum Gasteiger partial charge on any atom is -0.135 e. The van der Waals surface area contributed by atoms with Gasteiger partial charge in [0.05, 0.1) is 0 Å². The summed E-state index contributed by atoms with van der Waals surface area (Å²) >= 11 is 3.85. The molecule has 12 aromatic rings. The number of benzene rings is 10. The van der Waals surface area contributed by atoms with Crippen molar-refractivity contribution in [1.29, 1.82) is 0 Å². The van der Waals surface area contributed by atoms with Gasteiger partial charge in [0.25, 0.3) is 0 Å². The summed E-state index contributed by atoms with van der Waals surface area (Å²) in [5.74, 6) is 0. The second kappa shape index (κ2) is 12.2. The Morgan fingerprint density at radius 1 is 0.339 bits per heavy atom. The standard InChI is InChI=1S/C57H36S2/c1-57(2)48-27-24-35(38-21-12-22-44-46-31-52-47(32-51(46)59-56(38)44)55-37-16-7-6-13-33(37)25-28-50(55)58-52)29-45(48)39-26-23-36(30-49(39)57)54-42-19-10-8-17-40(42)53(34-14-4-3-5-15-34)41-18-9-11-20-43(41)54/h3-32H,1-2H3. The third-order valence-electron chi connectivity index (χ3n) is 13.2. The average Bonchev–Trinajstić information content (AvgIpc) is 3.91. The van der Waals surface area contributed by atoms with E-state index in [0.29, 0.717) is 0 Å². The van der Waals surface area contributed by atoms with Crippen LogP contribution in [0, 0.1) is 0 Å². The van der Waals surface area contributed by atoms with Gasteiger partial charge in [-0.1, -0.05) is 166 Å². The fourth-order valence-electron chi connectivity index (χ4n) is 10.5. The largest absolute Gasteiger partial charge is 0.135 e. The fraction of sp³-hybridized carbons (Fsp3) is 0.0526. The van der Waals surface area contributed by atoms with Gasteiger partial charge < -0.3 is 0 Å². The van der Waals surface area contributed by atoms with Gasteiger partial charge in [0.15, 0.2) is 0 Å². The van der Waals surface area contributed by atoms with Crippen LogP contribution in [-0.4, -0.2) is 0 Å². The molecule has 2 aromatic heterocycles. The molecule has 59 heavy (non-hydrogen) atoms. The molecule has 276 valence electrons. The maximum absolute atomic E-state index is 2.50. The minimum absolute atomic E-state index is 0.142. The Hall–Kier alpha value is -6.58. The number of hydrogen-bond acceptors (Lipinski definition) is 2. The van der Waals surface area contributed by atoms with Crippen LogP contribution in [-0.2, 0) is 5.41 Å². The predicted molar refractivity (Wildman–Crippen MR) is 259 cm³/mol. The molecule has 13 rings (SSSR count). The third-order valence-corrected chi connectivity index (χ3v) is 15.6. The zero-order valence-corrected chi connectivity index (χ0v) is 34.3. The fourth-order valence-corrected chi connectivity index (χ4v) is 12.9. The van der Waals surface area contributed by atoms with Crippen LogP contribution < -0.4 is 0 Å². The SMILES string of the molecule is CC1(C)c2ccc(-c3cccc4c3sc3cc5c(cc34)sc3ccc4ccccc4c35)cc2-c2ccc(-c3c4ccccc4c(-c4ccccc4)c4ccccc34)cc21. The molecule has 0 bridgehead atoms. The van der Waals surface area contributed by atoms with Crippen LogP contribution in [0.15, 0.2) is 182 Å². The molecule has 0 unspecified atom stereocenters. The lowest BCUT2D eigenvalue weighted by Crippen LogP contribution is -2.15. The van der Waals surface area contributed by atoms with Crippen LogP contribution >= 0.6 is 22.7 Å². The molecule has 1 aliphatic carbocycles. The van der Waals surface area contributed by atoms with Crippen molar-refractivity contribution in [2.24, 2.45) is 0 Å². The van der Waals surface area contributed by atoms with Crippen LogP contribution in [0.2, 0.25) is 0 Å². The Morgan fingerprint density at radius 2 is 0.966 bits per heavy atom. The number of hydrogen-bond donors (Lipinski definition) is 0. The summed E-state index contributed by atoms with van der Waals surface area (Å²) in [7, 11) is 0. The molecule has 0 saturated carbocycles. The van der Waals surface area contributed by atoms with E-state index in [9.17, 15) is 0 Å². The van der Waals surface area contributed by atoms with Crippen LogP contribution in [0.5, 0.6) is 0 Å². The molecule has 0 N–H and O–H groups in total. The quantitative estimate of drug-likeness (QED) is 0.157. The molecule has 0 spiro atoms. The molecule has 0 saturated heterocycles. The van der Waals surface area contributed by atoms with Gasteiger partial charge in [-0.2, -0.15) is 0 Å². The monoisotopic (exact) mass is 784 g/mol. The highest BCUT2D eigenvalue weighted by Crippen LogP contribution is 2.53. The first kappa shape index (κ1) is 33.4. The summed E-state index contributed by atoms with van der Waals surface area (Å²) in [6.07, 6.45) is 0. The maximum atomic E-state index is 2.50. The first-order valence-electron chi connectivity index (χ1n) is 20.5. The van der Waals surface area contributed by atoms with Crippen molar-refractivity contribution in [1.82, 2.24) is 0 Å². The Kier molecular flexibility index (Phi) is 6.92. The lowest BCUT2D eigenvalue weighted by atomic mass is 9.80. The predicted octanol–water partition coefficient (Wildman–Crippen LogP) is 17.2. The van der Waals surface area contributed by atoms with Gasteiger partial charge in [0.1, 0.15) is 0 Å². The number of rotatable bonds is 3. The van der Waals surface area contributed by atoms with Gasteiger partial charge in [-0.05, 0) is 118 Å². The molecule has 10 aromatic carbocycles. The van der Waals surface area contributed by atoms with Crippen LogP contribution in [0.25, 0.3) is 117 Å². The Balaban J connectivity index is 0.965. The van der Waals surface area contributed by atoms with Crippen molar-refractivity contribution in [3.05, 3.63) is 193 Å². The third kappa shape index (κ3) is 4.70. The van der Waals surface area contributed by atoms with Crippen molar-refractivity contribution in [2.75, 3.05) is 0 Å². The first-order valence-corrected chi connectivity index (χ1v) is 22.1. The number of fused-ring (bicyclic) bond motifs is 13. The summed E-state index contributed by atoms with van der Waals surface area (Å²) in [6, 6.07) is 68.5. The van der Waals surface area contributed by atoms with Crippen LogP contribution in [0.3, 0.4) is 0 Å². The molecular weight excluding hydrogens is 749 g/mol. The second-order valence-corrected chi connectivity index (χ2v) is 18.9. The van der Waals surface area contributed by atoms with E-state index >= 15 is 0 Å². The molecular formula is C57H36S2. The van der Waals surface area contributed by atoms with E-state index < -0.39 is 0 Å². The molecule has 0 aliphatic heterocycles. The van der Waals surface area contributed by atoms with E-state index in [2.05, 4.69) is 196 Å². The van der Waals surface area contributed by atoms with E-state index in [4.69, 9.17) is 0 Å². The maximum Gasteiger partial charge on any atom is 0.0433 e. The Bertz CT molecular complexity index is 3690. The lowest BCUT2D eigenvalue weighted by molar-refractivity contribution is 0.660. The molecule has 2 heterocycles. The molecule has 0 atom stereocenters. The molecule has 2 heteroatoms. The lowest BCUT2D eigenvalue weighted by Gasteiger charge is -2.23. The highest BCUT2D eigenvalue weighted by molar-refractivity contribution is 7.28. The molecule has 0 nitrogen and oxygen atoms in total. The van der Waals surface area contributed by atoms with Gasteiger partial charge in [-0.25, -0.2) is 0 Å². The number of thiophene rings is 2. The Labute approximate surface area is 350 Å². The zero-order chi connectivity index (χ0) is 39.0. The Morgan fingerprint density at radius 3 is 1.73 bits per heavy atom. The van der Waals surface area contributed by atoms with Crippen molar-refractivity contribution in [3.63, 3.8) is 0 Å². The van der Waals surface area contributed by atoms with E-state index in [-0.39, 0.29) is 5.41 Å². The van der Waals surface area contributed by atoms with E-state index in [1.165, 1.54) is 128 Å². The van der Waals surface area contributed by atoms with E-state index in [1.54, 1.807) is 0 Å². The highest BCUT2D eigenvalue weighted by Gasteiger charge is 2.36. The minimum atomic E-state index is -0.142. The van der Waals surface area contributed by atoms with Crippen molar-refractivity contribution < 1.29 is 0 Å².